The standard InChI is InChI=1S/C11H15N3O3S/c1-2-5-13-11-14-7-9(16)8(15)6(3-4-12)17-10(7)18-11/h2,6-10,15-16H,1,3,5H2,(H,13,14)/t6-,7-,8-,9-,10-/m1/s1. The lowest BCUT2D eigenvalue weighted by Gasteiger charge is -2.37. The van der Waals surface area contributed by atoms with Gasteiger partial charge in [-0.05, 0) is 0 Å². The third kappa shape index (κ3) is 2.52. The first-order valence-corrected chi connectivity index (χ1v) is 6.53. The minimum absolute atomic E-state index is 0.0530. The van der Waals surface area contributed by atoms with Crippen LogP contribution in [0.15, 0.2) is 17.6 Å². The topological polar surface area (TPSA) is 97.9 Å². The molecule has 0 aromatic heterocycles. The molecule has 5 atom stereocenters. The first kappa shape index (κ1) is 13.4. The molecule has 1 saturated heterocycles. The summed E-state index contributed by atoms with van der Waals surface area (Å²) in [5.41, 5.74) is -0.353. The molecular formula is C11H15N3O3S. The van der Waals surface area contributed by atoms with Crippen LogP contribution >= 0.6 is 11.8 Å². The molecule has 0 spiro atoms. The van der Waals surface area contributed by atoms with Crippen LogP contribution < -0.4 is 5.32 Å². The molecule has 98 valence electrons. The van der Waals surface area contributed by atoms with E-state index in [9.17, 15) is 10.2 Å². The van der Waals surface area contributed by atoms with Gasteiger partial charge in [0.15, 0.2) is 5.17 Å². The maximum absolute atomic E-state index is 9.98. The fourth-order valence-electron chi connectivity index (χ4n) is 1.93. The van der Waals surface area contributed by atoms with Crippen molar-refractivity contribution in [1.29, 1.82) is 5.26 Å². The number of nitriles is 1. The molecule has 3 N–H and O–H groups in total. The second-order valence-corrected chi connectivity index (χ2v) is 5.19. The summed E-state index contributed by atoms with van der Waals surface area (Å²) in [4.78, 5) is 4.28. The van der Waals surface area contributed by atoms with Gasteiger partial charge in [0.1, 0.15) is 29.8 Å². The largest absolute Gasteiger partial charge is 0.388 e. The molecule has 0 radical (unpaired) electrons. The van der Waals surface area contributed by atoms with E-state index in [4.69, 9.17) is 10.00 Å². The van der Waals surface area contributed by atoms with Crippen molar-refractivity contribution in [3.8, 4) is 6.07 Å². The molecule has 0 amide bonds. The Morgan fingerprint density at radius 1 is 1.56 bits per heavy atom. The number of nitrogens with zero attached hydrogens (tertiary/aromatic N) is 2. The van der Waals surface area contributed by atoms with Crippen LogP contribution in [0.25, 0.3) is 0 Å². The first-order valence-electron chi connectivity index (χ1n) is 5.65. The number of rotatable bonds is 3. The highest BCUT2D eigenvalue weighted by atomic mass is 32.2. The van der Waals surface area contributed by atoms with Crippen LogP contribution in [0.5, 0.6) is 0 Å². The predicted molar refractivity (Wildman–Crippen MR) is 67.9 cm³/mol. The highest BCUT2D eigenvalue weighted by molar-refractivity contribution is 8.14. The van der Waals surface area contributed by atoms with Gasteiger partial charge in [-0.2, -0.15) is 5.26 Å². The van der Waals surface area contributed by atoms with Gasteiger partial charge in [-0.3, -0.25) is 4.99 Å². The highest BCUT2D eigenvalue weighted by Gasteiger charge is 2.47. The summed E-state index contributed by atoms with van der Waals surface area (Å²) in [7, 11) is 0. The van der Waals surface area contributed by atoms with Crippen LogP contribution in [0.1, 0.15) is 6.42 Å². The van der Waals surface area contributed by atoms with E-state index in [1.54, 1.807) is 6.08 Å². The molecule has 6 nitrogen and oxygen atoms in total. The number of aliphatic imine (C=N–C) groups is 1. The summed E-state index contributed by atoms with van der Waals surface area (Å²) in [6.45, 7) is 4.17. The van der Waals surface area contributed by atoms with Crippen LogP contribution in [-0.4, -0.2) is 51.7 Å². The van der Waals surface area contributed by atoms with Crippen molar-refractivity contribution >= 4 is 16.9 Å². The number of amidine groups is 1. The van der Waals surface area contributed by atoms with Gasteiger partial charge in [0.25, 0.3) is 0 Å². The van der Waals surface area contributed by atoms with E-state index in [1.807, 2.05) is 6.07 Å². The van der Waals surface area contributed by atoms with Crippen molar-refractivity contribution in [3.63, 3.8) is 0 Å². The molecule has 0 saturated carbocycles. The quantitative estimate of drug-likeness (QED) is 0.603. The second kappa shape index (κ2) is 5.71. The SMILES string of the molecule is C=CCNC1=N[C@@H]2[C@@H](O)[C@H](O)[C@@H](CC#N)O[C@@H]2S1. The van der Waals surface area contributed by atoms with Crippen molar-refractivity contribution in [2.45, 2.75) is 36.2 Å². The minimum Gasteiger partial charge on any atom is -0.388 e. The molecule has 2 heterocycles. The molecule has 2 rings (SSSR count). The minimum atomic E-state index is -1.07. The second-order valence-electron chi connectivity index (χ2n) is 4.10. The number of aliphatic hydroxyl groups excluding tert-OH is 2. The summed E-state index contributed by atoms with van der Waals surface area (Å²) < 4.78 is 5.59. The Balaban J connectivity index is 2.04. The molecule has 7 heteroatoms. The molecule has 0 aromatic rings. The Hall–Kier alpha value is -1.07. The van der Waals surface area contributed by atoms with E-state index in [1.165, 1.54) is 11.8 Å². The highest BCUT2D eigenvalue weighted by Crippen LogP contribution is 2.36. The summed E-state index contributed by atoms with van der Waals surface area (Å²) in [6.07, 6.45) is -0.980. The smallest absolute Gasteiger partial charge is 0.159 e. The van der Waals surface area contributed by atoms with E-state index >= 15 is 0 Å². The normalized spacial score (nSPS) is 38.5. The zero-order chi connectivity index (χ0) is 13.1. The summed E-state index contributed by atoms with van der Waals surface area (Å²) in [5.74, 6) is 0. The molecule has 1 fully saturated rings. The Morgan fingerprint density at radius 3 is 3.00 bits per heavy atom. The molecule has 2 aliphatic rings. The number of thioether (sulfide) groups is 1. The van der Waals surface area contributed by atoms with E-state index in [0.29, 0.717) is 11.7 Å². The van der Waals surface area contributed by atoms with Gasteiger partial charge in [-0.1, -0.05) is 17.8 Å². The fraction of sp³-hybridized carbons (Fsp3) is 0.636. The van der Waals surface area contributed by atoms with E-state index in [-0.39, 0.29) is 11.9 Å². The van der Waals surface area contributed by atoms with E-state index < -0.39 is 24.4 Å². The van der Waals surface area contributed by atoms with E-state index in [0.717, 1.165) is 0 Å². The van der Waals surface area contributed by atoms with Gasteiger partial charge in [0.2, 0.25) is 0 Å². The Labute approximate surface area is 109 Å². The fourth-order valence-corrected chi connectivity index (χ4v) is 3.06. The number of hydrogen-bond donors (Lipinski definition) is 3. The molecule has 0 aliphatic carbocycles. The van der Waals surface area contributed by atoms with Gasteiger partial charge >= 0.3 is 0 Å². The number of ether oxygens (including phenoxy) is 1. The summed E-state index contributed by atoms with van der Waals surface area (Å²) >= 11 is 1.36. The Morgan fingerprint density at radius 2 is 2.33 bits per heavy atom. The maximum atomic E-state index is 9.98. The number of fused-ring (bicyclic) bond motifs is 1. The average Bonchev–Trinajstić information content (AvgIpc) is 2.76. The van der Waals surface area contributed by atoms with Crippen LogP contribution in [0, 0.1) is 11.3 Å². The van der Waals surface area contributed by atoms with E-state index in [2.05, 4.69) is 16.9 Å². The third-order valence-electron chi connectivity index (χ3n) is 2.85. The Kier molecular flexibility index (Phi) is 4.24. The summed E-state index contributed by atoms with van der Waals surface area (Å²) in [6, 6.07) is 1.45. The average molecular weight is 269 g/mol. The van der Waals surface area contributed by atoms with Crippen molar-refractivity contribution < 1.29 is 14.9 Å². The number of aliphatic hydroxyl groups is 2. The lowest BCUT2D eigenvalue weighted by atomic mass is 9.97. The monoisotopic (exact) mass is 269 g/mol. The predicted octanol–water partition coefficient (Wildman–Crippen LogP) is -0.406. The number of nitrogens with one attached hydrogen (secondary N) is 1. The van der Waals surface area contributed by atoms with Gasteiger partial charge in [0.05, 0.1) is 12.5 Å². The lowest BCUT2D eigenvalue weighted by molar-refractivity contribution is -0.150. The lowest BCUT2D eigenvalue weighted by Crippen LogP contribution is -2.54. The molecule has 0 aromatic carbocycles. The molecule has 18 heavy (non-hydrogen) atoms. The van der Waals surface area contributed by atoms with Crippen LogP contribution in [-0.2, 0) is 4.74 Å². The first-order chi connectivity index (χ1) is 8.67. The van der Waals surface area contributed by atoms with Crippen molar-refractivity contribution in [2.75, 3.05) is 6.54 Å². The van der Waals surface area contributed by atoms with Crippen molar-refractivity contribution in [2.24, 2.45) is 4.99 Å². The zero-order valence-corrected chi connectivity index (χ0v) is 10.5. The van der Waals surface area contributed by atoms with Gasteiger partial charge in [-0.25, -0.2) is 0 Å². The number of hydrogen-bond acceptors (Lipinski definition) is 7. The molecule has 0 unspecified atom stereocenters. The third-order valence-corrected chi connectivity index (χ3v) is 3.95. The Bertz CT molecular complexity index is 395. The van der Waals surface area contributed by atoms with Crippen LogP contribution in [0.4, 0.5) is 0 Å². The van der Waals surface area contributed by atoms with Gasteiger partial charge in [0, 0.05) is 6.54 Å². The van der Waals surface area contributed by atoms with Crippen LogP contribution in [0.3, 0.4) is 0 Å². The maximum Gasteiger partial charge on any atom is 0.159 e. The molecular weight excluding hydrogens is 254 g/mol. The van der Waals surface area contributed by atoms with Gasteiger partial charge in [-0.15, -0.1) is 6.58 Å². The molecule has 2 aliphatic heterocycles. The summed E-state index contributed by atoms with van der Waals surface area (Å²) in [5, 5.41) is 32.2. The molecule has 0 bridgehead atoms. The van der Waals surface area contributed by atoms with Gasteiger partial charge < -0.3 is 20.3 Å². The van der Waals surface area contributed by atoms with Crippen LogP contribution in [0.2, 0.25) is 0 Å². The van der Waals surface area contributed by atoms with Crippen molar-refractivity contribution in [1.82, 2.24) is 5.32 Å². The zero-order valence-electron chi connectivity index (χ0n) is 9.69. The van der Waals surface area contributed by atoms with Crippen molar-refractivity contribution in [3.05, 3.63) is 12.7 Å².